The Bertz CT molecular complexity index is 616. The van der Waals surface area contributed by atoms with Crippen LogP contribution in [0.3, 0.4) is 0 Å². The van der Waals surface area contributed by atoms with Gasteiger partial charge in [-0.25, -0.2) is 0 Å². The van der Waals surface area contributed by atoms with Crippen LogP contribution in [0.5, 0.6) is 5.75 Å². The van der Waals surface area contributed by atoms with Crippen LogP contribution in [0.2, 0.25) is 0 Å². The Balaban J connectivity index is 1.53. The number of aryl methyl sites for hydroxylation is 1. The van der Waals surface area contributed by atoms with Crippen LogP contribution < -0.4 is 4.74 Å². The van der Waals surface area contributed by atoms with Gasteiger partial charge in [0.05, 0.1) is 6.54 Å². The number of aliphatic hydroxyl groups excluding tert-OH is 1. The van der Waals surface area contributed by atoms with Gasteiger partial charge in [-0.2, -0.15) is 0 Å². The van der Waals surface area contributed by atoms with Crippen molar-refractivity contribution in [3.63, 3.8) is 0 Å². The van der Waals surface area contributed by atoms with Gasteiger partial charge in [0, 0.05) is 12.8 Å². The lowest BCUT2D eigenvalue weighted by molar-refractivity contribution is -0.156. The summed E-state index contributed by atoms with van der Waals surface area (Å²) < 4.78 is 5.57. The van der Waals surface area contributed by atoms with Gasteiger partial charge in [0.2, 0.25) is 11.8 Å². The Labute approximate surface area is 149 Å². The van der Waals surface area contributed by atoms with Gasteiger partial charge in [-0.15, -0.1) is 0 Å². The Morgan fingerprint density at radius 2 is 1.84 bits per heavy atom. The number of hydrogen-bond acceptors (Lipinski definition) is 4. The molecule has 1 aromatic rings. The zero-order valence-corrected chi connectivity index (χ0v) is 14.9. The molecule has 1 unspecified atom stereocenters. The van der Waals surface area contributed by atoms with E-state index in [2.05, 4.69) is 0 Å². The van der Waals surface area contributed by atoms with Gasteiger partial charge in [-0.1, -0.05) is 31.4 Å². The second-order valence-corrected chi connectivity index (χ2v) is 7.59. The molecule has 1 saturated carbocycles. The molecule has 1 aliphatic carbocycles. The predicted molar refractivity (Wildman–Crippen MR) is 94.2 cm³/mol. The number of carbonyl (C=O) groups is 2. The zero-order valence-electron chi connectivity index (χ0n) is 14.9. The Hall–Kier alpha value is -1.88. The number of β-amino-alcohol motifs (C(OH)–C–C–N with tert-alkyl or cyclic N) is 1. The predicted octanol–water partition coefficient (Wildman–Crippen LogP) is 2.83. The summed E-state index contributed by atoms with van der Waals surface area (Å²) in [5, 5.41) is 10.2. The monoisotopic (exact) mass is 345 g/mol. The van der Waals surface area contributed by atoms with Crippen LogP contribution in [0.4, 0.5) is 0 Å². The van der Waals surface area contributed by atoms with E-state index in [0.29, 0.717) is 18.6 Å². The molecular formula is C20H27NO4. The number of aliphatic hydroxyl groups is 1. The van der Waals surface area contributed by atoms with Gasteiger partial charge in [0.1, 0.15) is 18.5 Å². The van der Waals surface area contributed by atoms with E-state index in [-0.39, 0.29) is 30.4 Å². The smallest absolute Gasteiger partial charge is 0.229 e. The van der Waals surface area contributed by atoms with Gasteiger partial charge >= 0.3 is 0 Å². The summed E-state index contributed by atoms with van der Waals surface area (Å²) in [6.07, 6.45) is 5.33. The molecule has 3 rings (SSSR count). The van der Waals surface area contributed by atoms with E-state index < -0.39 is 6.10 Å². The Morgan fingerprint density at radius 3 is 2.48 bits per heavy atom. The molecule has 25 heavy (non-hydrogen) atoms. The molecule has 5 nitrogen and oxygen atoms in total. The third-order valence-corrected chi connectivity index (χ3v) is 5.39. The molecule has 2 amide bonds. The highest BCUT2D eigenvalue weighted by atomic mass is 16.5. The van der Waals surface area contributed by atoms with Crippen LogP contribution in [0.15, 0.2) is 24.3 Å². The van der Waals surface area contributed by atoms with Crippen molar-refractivity contribution in [2.45, 2.75) is 58.0 Å². The molecule has 1 aromatic carbocycles. The summed E-state index contributed by atoms with van der Waals surface area (Å²) in [4.78, 5) is 26.2. The maximum Gasteiger partial charge on any atom is 0.229 e. The summed E-state index contributed by atoms with van der Waals surface area (Å²) >= 11 is 0. The van der Waals surface area contributed by atoms with Crippen molar-refractivity contribution in [2.24, 2.45) is 5.41 Å². The van der Waals surface area contributed by atoms with Crippen molar-refractivity contribution < 1.29 is 19.4 Å². The lowest BCUT2D eigenvalue weighted by Crippen LogP contribution is -2.51. The molecule has 0 radical (unpaired) electrons. The van der Waals surface area contributed by atoms with Crippen molar-refractivity contribution >= 4 is 11.8 Å². The van der Waals surface area contributed by atoms with Crippen LogP contribution in [0.25, 0.3) is 0 Å². The summed E-state index contributed by atoms with van der Waals surface area (Å²) in [5.74, 6) is 0.386. The average molecular weight is 345 g/mol. The minimum Gasteiger partial charge on any atom is -0.491 e. The third kappa shape index (κ3) is 4.40. The SMILES string of the molecule is Cc1cccc(OCC(O)CN2C(=O)CC3(CCCCC3)CC2=O)c1. The van der Waals surface area contributed by atoms with Crippen molar-refractivity contribution in [3.8, 4) is 5.75 Å². The number of amides is 2. The molecule has 1 saturated heterocycles. The van der Waals surface area contributed by atoms with E-state index >= 15 is 0 Å². The molecule has 136 valence electrons. The molecule has 1 N–H and O–H groups in total. The Morgan fingerprint density at radius 1 is 1.16 bits per heavy atom. The number of imide groups is 1. The van der Waals surface area contributed by atoms with Crippen LogP contribution in [0.1, 0.15) is 50.5 Å². The Kier molecular flexibility index (Phi) is 5.42. The molecule has 1 heterocycles. The second kappa shape index (κ2) is 7.56. The van der Waals surface area contributed by atoms with Crippen molar-refractivity contribution in [1.82, 2.24) is 4.90 Å². The van der Waals surface area contributed by atoms with Crippen molar-refractivity contribution in [1.29, 1.82) is 0 Å². The van der Waals surface area contributed by atoms with Crippen LogP contribution in [-0.4, -0.2) is 41.1 Å². The molecule has 1 atom stereocenters. The highest BCUT2D eigenvalue weighted by Crippen LogP contribution is 2.45. The van der Waals surface area contributed by atoms with E-state index in [1.54, 1.807) is 0 Å². The van der Waals surface area contributed by atoms with E-state index in [0.717, 1.165) is 31.2 Å². The van der Waals surface area contributed by atoms with Crippen molar-refractivity contribution in [3.05, 3.63) is 29.8 Å². The molecule has 1 aliphatic heterocycles. The van der Waals surface area contributed by atoms with Crippen LogP contribution in [-0.2, 0) is 9.59 Å². The number of piperidine rings is 1. The first kappa shape index (κ1) is 17.9. The van der Waals surface area contributed by atoms with E-state index in [9.17, 15) is 14.7 Å². The fourth-order valence-electron chi connectivity index (χ4n) is 4.05. The summed E-state index contributed by atoms with van der Waals surface area (Å²) in [6.45, 7) is 2.04. The topological polar surface area (TPSA) is 66.8 Å². The first-order valence-corrected chi connectivity index (χ1v) is 9.18. The minimum absolute atomic E-state index is 0.0135. The van der Waals surface area contributed by atoms with Gasteiger partial charge in [0.15, 0.2) is 0 Å². The first-order valence-electron chi connectivity index (χ1n) is 9.18. The highest BCUT2D eigenvalue weighted by molar-refractivity contribution is 5.98. The van der Waals surface area contributed by atoms with Crippen LogP contribution in [0, 0.1) is 12.3 Å². The van der Waals surface area contributed by atoms with Gasteiger partial charge in [-0.3, -0.25) is 14.5 Å². The third-order valence-electron chi connectivity index (χ3n) is 5.39. The van der Waals surface area contributed by atoms with Gasteiger partial charge < -0.3 is 9.84 Å². The van der Waals surface area contributed by atoms with Gasteiger partial charge in [0.25, 0.3) is 0 Å². The maximum atomic E-state index is 12.5. The quantitative estimate of drug-likeness (QED) is 0.834. The molecule has 0 bridgehead atoms. The lowest BCUT2D eigenvalue weighted by atomic mass is 9.67. The highest BCUT2D eigenvalue weighted by Gasteiger charge is 2.44. The summed E-state index contributed by atoms with van der Waals surface area (Å²) in [5.41, 5.74) is 0.956. The fraction of sp³-hybridized carbons (Fsp3) is 0.600. The summed E-state index contributed by atoms with van der Waals surface area (Å²) in [7, 11) is 0. The number of ether oxygens (including phenoxy) is 1. The number of carbonyl (C=O) groups excluding carboxylic acids is 2. The number of hydrogen-bond donors (Lipinski definition) is 1. The van der Waals surface area contributed by atoms with Gasteiger partial charge in [-0.05, 0) is 42.9 Å². The van der Waals surface area contributed by atoms with Crippen LogP contribution >= 0.6 is 0 Å². The largest absolute Gasteiger partial charge is 0.491 e. The molecular weight excluding hydrogens is 318 g/mol. The van der Waals surface area contributed by atoms with Crippen molar-refractivity contribution in [2.75, 3.05) is 13.2 Å². The van der Waals surface area contributed by atoms with E-state index in [4.69, 9.17) is 4.74 Å². The number of likely N-dealkylation sites (tertiary alicyclic amines) is 1. The summed E-state index contributed by atoms with van der Waals surface area (Å²) in [6, 6.07) is 7.56. The number of nitrogens with zero attached hydrogens (tertiary/aromatic N) is 1. The van der Waals surface area contributed by atoms with E-state index in [1.807, 2.05) is 31.2 Å². The normalized spacial score (nSPS) is 21.4. The standard InChI is InChI=1S/C20H27NO4/c1-15-6-5-7-17(10-15)25-14-16(22)13-21-18(23)11-20(12-19(21)24)8-3-2-4-9-20/h5-7,10,16,22H,2-4,8-9,11-14H2,1H3. The minimum atomic E-state index is -0.881. The fourth-order valence-corrected chi connectivity index (χ4v) is 4.05. The maximum absolute atomic E-state index is 12.5. The molecule has 2 fully saturated rings. The lowest BCUT2D eigenvalue weighted by Gasteiger charge is -2.42. The average Bonchev–Trinajstić information content (AvgIpc) is 2.57. The molecule has 2 aliphatic rings. The first-order chi connectivity index (χ1) is 12.0. The molecule has 0 aromatic heterocycles. The number of rotatable bonds is 5. The molecule has 1 spiro atoms. The second-order valence-electron chi connectivity index (χ2n) is 7.59. The van der Waals surface area contributed by atoms with E-state index in [1.165, 1.54) is 11.3 Å². The number of benzene rings is 1. The zero-order chi connectivity index (χ0) is 17.9. The molecule has 5 heteroatoms.